The first-order valence-corrected chi connectivity index (χ1v) is 20.6. The van der Waals surface area contributed by atoms with Gasteiger partial charge in [-0.3, -0.25) is 0 Å². The average molecular weight is 749 g/mol. The maximum absolute atomic E-state index is 16.5. The van der Waals surface area contributed by atoms with Gasteiger partial charge in [0.15, 0.2) is 39.9 Å². The van der Waals surface area contributed by atoms with Crippen molar-refractivity contribution in [2.75, 3.05) is 24.3 Å². The van der Waals surface area contributed by atoms with Crippen molar-refractivity contribution >= 4 is 47.4 Å². The summed E-state index contributed by atoms with van der Waals surface area (Å²) in [4.78, 5) is 9.57. The molecule has 1 saturated heterocycles. The van der Waals surface area contributed by atoms with Crippen LogP contribution in [0.5, 0.6) is 0 Å². The van der Waals surface area contributed by atoms with E-state index >= 15 is 4.39 Å². The molecule has 14 heteroatoms. The molecule has 3 aromatic carbocycles. The van der Waals surface area contributed by atoms with E-state index < -0.39 is 51.0 Å². The van der Waals surface area contributed by atoms with Gasteiger partial charge in [0.2, 0.25) is 0 Å². The lowest BCUT2D eigenvalue weighted by Crippen LogP contribution is -2.67. The topological polar surface area (TPSA) is 107 Å². The van der Waals surface area contributed by atoms with Gasteiger partial charge in [0, 0.05) is 17.7 Å². The summed E-state index contributed by atoms with van der Waals surface area (Å²) in [6, 6.07) is 23.2. The number of fused-ring (bicyclic) bond motifs is 1. The van der Waals surface area contributed by atoms with Gasteiger partial charge in [-0.05, 0) is 45.9 Å². The molecule has 5 aromatic rings. The van der Waals surface area contributed by atoms with Gasteiger partial charge in [-0.2, -0.15) is 0 Å². The van der Waals surface area contributed by atoms with Gasteiger partial charge in [0.05, 0.1) is 13.2 Å². The fourth-order valence-electron chi connectivity index (χ4n) is 7.36. The van der Waals surface area contributed by atoms with Crippen LogP contribution < -0.4 is 15.7 Å². The summed E-state index contributed by atoms with van der Waals surface area (Å²) in [6.07, 6.45) is -2.00. The molecule has 52 heavy (non-hydrogen) atoms. The summed E-state index contributed by atoms with van der Waals surface area (Å²) < 4.78 is 59.0. The van der Waals surface area contributed by atoms with Crippen LogP contribution in [-0.2, 0) is 9.16 Å². The highest BCUT2D eigenvalue weighted by Gasteiger charge is 2.53. The van der Waals surface area contributed by atoms with E-state index in [1.165, 1.54) is 22.5 Å². The molecule has 1 aliphatic carbocycles. The van der Waals surface area contributed by atoms with E-state index in [9.17, 15) is 13.9 Å². The molecule has 2 N–H and O–H groups in total. The van der Waals surface area contributed by atoms with Crippen LogP contribution in [0.25, 0.3) is 11.2 Å². The third kappa shape index (κ3) is 6.86. The molecule has 1 saturated carbocycles. The Hall–Kier alpha value is -3.82. The first-order chi connectivity index (χ1) is 25.1. The number of anilines is 1. The number of alkyl halides is 1. The monoisotopic (exact) mass is 748 g/mol. The molecule has 2 aliphatic rings. The van der Waals surface area contributed by atoms with Crippen LogP contribution in [0, 0.1) is 11.6 Å². The summed E-state index contributed by atoms with van der Waals surface area (Å²) in [5.41, 5.74) is 1.36. The van der Waals surface area contributed by atoms with Gasteiger partial charge in [-0.25, -0.2) is 27.8 Å². The van der Waals surface area contributed by atoms with Crippen LogP contribution in [-0.4, -0.2) is 81.8 Å². The van der Waals surface area contributed by atoms with E-state index in [0.717, 1.165) is 28.6 Å². The van der Waals surface area contributed by atoms with E-state index in [0.29, 0.717) is 34.1 Å². The summed E-state index contributed by atoms with van der Waals surface area (Å²) in [5, 5.41) is 24.8. The van der Waals surface area contributed by atoms with Crippen molar-refractivity contribution in [3.05, 3.63) is 96.1 Å². The smallest absolute Gasteiger partial charge is 0.261 e. The lowest BCUT2D eigenvalue weighted by atomic mass is 10.1. The first kappa shape index (κ1) is 36.5. The Morgan fingerprint density at radius 3 is 2.29 bits per heavy atom. The number of benzene rings is 3. The van der Waals surface area contributed by atoms with Gasteiger partial charge >= 0.3 is 0 Å². The number of aliphatic hydroxyl groups is 1. The Kier molecular flexibility index (Phi) is 10.5. The third-order valence-corrected chi connectivity index (χ3v) is 16.0. The van der Waals surface area contributed by atoms with Crippen LogP contribution >= 0.6 is 11.8 Å². The maximum atomic E-state index is 16.5. The Bertz CT molecular complexity index is 1960. The maximum Gasteiger partial charge on any atom is 0.261 e. The molecular formula is C38H43F3N6O3SSi. The number of hydrogen-bond donors (Lipinski definition) is 2. The number of aliphatic hydroxyl groups excluding tert-OH is 1. The number of ether oxygens (including phenoxy) is 1. The number of nitrogens with one attached hydrogen (secondary N) is 1. The summed E-state index contributed by atoms with van der Waals surface area (Å²) in [5.74, 6) is -0.635. The molecule has 0 amide bonds. The Labute approximate surface area is 306 Å². The van der Waals surface area contributed by atoms with Gasteiger partial charge in [0.1, 0.15) is 18.2 Å². The molecule has 7 rings (SSSR count). The second-order valence-corrected chi connectivity index (χ2v) is 19.8. The Balaban J connectivity index is 1.24. The molecule has 0 spiro atoms. The molecule has 0 radical (unpaired) electrons. The molecule has 0 unspecified atom stereocenters. The molecular weight excluding hydrogens is 706 g/mol. The van der Waals surface area contributed by atoms with Crippen molar-refractivity contribution in [3.63, 3.8) is 0 Å². The zero-order valence-electron chi connectivity index (χ0n) is 29.5. The highest BCUT2D eigenvalue weighted by molar-refractivity contribution is 7.99. The molecule has 2 fully saturated rings. The number of aromatic nitrogens is 5. The van der Waals surface area contributed by atoms with Gasteiger partial charge in [-0.1, -0.05) is 111 Å². The standard InChI is InChI=1S/C38H43F3N6O3SSi/c1-5-18-51-37-43-35(42-29-20-26(29)23-16-17-27(39)28(40)19-23)33-36(44-37)47(46-45-33)34-31(50-30(21-48)32(34)41)22-49-52(38(2,3)4,24-12-8-6-9-13-24)25-14-10-7-11-15-25/h6-17,19,26,29-32,34,48H,5,18,20-22H2,1-4H3,(H,42,43,44)/t26-,29-,30-,31-,32-,34-/m0/s1. The minimum Gasteiger partial charge on any atom is -0.405 e. The minimum atomic E-state index is -3.02. The summed E-state index contributed by atoms with van der Waals surface area (Å²) in [6.45, 7) is 8.08. The van der Waals surface area contributed by atoms with Gasteiger partial charge < -0.3 is 19.6 Å². The zero-order chi connectivity index (χ0) is 36.6. The summed E-state index contributed by atoms with van der Waals surface area (Å²) >= 11 is 1.46. The largest absolute Gasteiger partial charge is 0.405 e. The molecule has 1 aliphatic heterocycles. The Morgan fingerprint density at radius 1 is 0.981 bits per heavy atom. The SMILES string of the molecule is CCCSc1nc(N[C@H]2C[C@H]2c2ccc(F)c(F)c2)c2nnn([C@@H]3[C@@H](F)[C@H](CO)O[C@H]3CO[Si](c3ccccc3)(c3ccccc3)C(C)(C)C)c2n1. The first-order valence-electron chi connectivity index (χ1n) is 17.7. The van der Waals surface area contributed by atoms with E-state index in [-0.39, 0.29) is 23.6 Å². The molecule has 0 bridgehead atoms. The number of rotatable bonds is 13. The minimum absolute atomic E-state index is 0.0296. The van der Waals surface area contributed by atoms with Crippen LogP contribution in [0.15, 0.2) is 84.0 Å². The van der Waals surface area contributed by atoms with E-state index in [1.54, 1.807) is 6.07 Å². The normalized spacial score (nSPS) is 23.3. The predicted octanol–water partition coefficient (Wildman–Crippen LogP) is 6.19. The van der Waals surface area contributed by atoms with Gasteiger partial charge in [-0.15, -0.1) is 5.10 Å². The zero-order valence-corrected chi connectivity index (χ0v) is 31.4. The fraction of sp³-hybridized carbons (Fsp3) is 0.421. The highest BCUT2D eigenvalue weighted by Crippen LogP contribution is 2.44. The van der Waals surface area contributed by atoms with Crippen LogP contribution in [0.4, 0.5) is 19.0 Å². The average Bonchev–Trinajstić information content (AvgIpc) is 3.66. The molecule has 2 aromatic heterocycles. The van der Waals surface area contributed by atoms with Gasteiger partial charge in [0.25, 0.3) is 8.32 Å². The summed E-state index contributed by atoms with van der Waals surface area (Å²) in [7, 11) is -3.02. The lowest BCUT2D eigenvalue weighted by molar-refractivity contribution is -0.0246. The second-order valence-electron chi connectivity index (χ2n) is 14.5. The van der Waals surface area contributed by atoms with Crippen molar-refractivity contribution in [1.29, 1.82) is 0 Å². The Morgan fingerprint density at radius 2 is 1.67 bits per heavy atom. The molecule has 9 nitrogen and oxygen atoms in total. The predicted molar refractivity (Wildman–Crippen MR) is 199 cm³/mol. The quantitative estimate of drug-likeness (QED) is 0.0829. The van der Waals surface area contributed by atoms with E-state index in [2.05, 4.69) is 67.6 Å². The molecule has 3 heterocycles. The van der Waals surface area contributed by atoms with Crippen LogP contribution in [0.3, 0.4) is 0 Å². The lowest BCUT2D eigenvalue weighted by Gasteiger charge is -2.43. The van der Waals surface area contributed by atoms with Crippen molar-refractivity contribution in [2.24, 2.45) is 0 Å². The van der Waals surface area contributed by atoms with E-state index in [1.807, 2.05) is 36.4 Å². The van der Waals surface area contributed by atoms with Crippen LogP contribution in [0.1, 0.15) is 58.1 Å². The highest BCUT2D eigenvalue weighted by atomic mass is 32.2. The number of nitrogens with zero attached hydrogens (tertiary/aromatic N) is 5. The molecule has 274 valence electrons. The number of halogens is 3. The van der Waals surface area contributed by atoms with Crippen molar-refractivity contribution in [3.8, 4) is 0 Å². The van der Waals surface area contributed by atoms with Crippen LogP contribution in [0.2, 0.25) is 5.04 Å². The third-order valence-electron chi connectivity index (χ3n) is 9.98. The van der Waals surface area contributed by atoms with Crippen molar-refractivity contribution in [2.45, 2.75) is 87.1 Å². The van der Waals surface area contributed by atoms with Crippen molar-refractivity contribution < 1.29 is 27.4 Å². The number of hydrogen-bond acceptors (Lipinski definition) is 9. The molecule has 6 atom stereocenters. The fourth-order valence-corrected chi connectivity index (χ4v) is 12.6. The van der Waals surface area contributed by atoms with E-state index in [4.69, 9.17) is 19.1 Å². The van der Waals surface area contributed by atoms with Crippen molar-refractivity contribution in [1.82, 2.24) is 25.0 Å². The second kappa shape index (κ2) is 14.9. The number of thioether (sulfide) groups is 1.